The highest BCUT2D eigenvalue weighted by Crippen LogP contribution is 2.46. The molecule has 10 aromatic rings. The van der Waals surface area contributed by atoms with Gasteiger partial charge in [-0.2, -0.15) is 0 Å². The minimum atomic E-state index is -0.439. The molecule has 0 fully saturated rings. The van der Waals surface area contributed by atoms with Crippen LogP contribution in [0.3, 0.4) is 0 Å². The molecule has 0 radical (unpaired) electrons. The fourth-order valence-corrected chi connectivity index (χ4v) is 7.45. The number of furan rings is 1. The van der Waals surface area contributed by atoms with Gasteiger partial charge in [-0.25, -0.2) is 0 Å². The fraction of sp³-hybridized carbons (Fsp3) is 0. The molecule has 0 aliphatic carbocycles. The molecule has 1 aromatic heterocycles. The summed E-state index contributed by atoms with van der Waals surface area (Å²) < 4.78 is 83.1. The number of fused-ring (bicyclic) bond motifs is 3. The number of benzene rings is 9. The van der Waals surface area contributed by atoms with Crippen LogP contribution in [0.15, 0.2) is 229 Å². The first-order chi connectivity index (χ1) is 31.2. The third-order valence-corrected chi connectivity index (χ3v) is 10.1. The Bertz CT molecular complexity index is 3380. The molecule has 2 heteroatoms. The summed E-state index contributed by atoms with van der Waals surface area (Å²) in [6, 6.07) is 52.0. The maximum absolute atomic E-state index is 9.79. The quantitative estimate of drug-likeness (QED) is 0.155. The van der Waals surface area contributed by atoms with E-state index in [0.29, 0.717) is 33.5 Å². The molecular formula is C54H37NO. The molecule has 2 nitrogen and oxygen atoms in total. The Morgan fingerprint density at radius 3 is 1.46 bits per heavy atom. The van der Waals surface area contributed by atoms with E-state index in [9.17, 15) is 11.0 Å². The average Bonchev–Trinajstić information content (AvgIpc) is 3.73. The molecule has 1 heterocycles. The van der Waals surface area contributed by atoms with Crippen molar-refractivity contribution in [3.63, 3.8) is 0 Å². The van der Waals surface area contributed by atoms with Gasteiger partial charge in [0.1, 0.15) is 11.2 Å². The lowest BCUT2D eigenvalue weighted by Crippen LogP contribution is -2.11. The molecule has 0 unspecified atom stereocenters. The van der Waals surface area contributed by atoms with Crippen molar-refractivity contribution >= 4 is 39.0 Å². The summed E-state index contributed by atoms with van der Waals surface area (Å²) in [5.41, 5.74) is 7.08. The smallest absolute Gasteiger partial charge is 0.143 e. The largest absolute Gasteiger partial charge is 0.455 e. The Labute approximate surface area is 338 Å². The van der Waals surface area contributed by atoms with Crippen LogP contribution < -0.4 is 4.90 Å². The molecule has 0 aliphatic rings. The van der Waals surface area contributed by atoms with Crippen LogP contribution in [0.25, 0.3) is 77.6 Å². The molecule has 264 valence electrons. The van der Waals surface area contributed by atoms with Crippen LogP contribution in [0.2, 0.25) is 0 Å². The highest BCUT2D eigenvalue weighted by molar-refractivity contribution is 6.09. The van der Waals surface area contributed by atoms with Gasteiger partial charge in [0.2, 0.25) is 0 Å². The second-order valence-corrected chi connectivity index (χ2v) is 13.4. The van der Waals surface area contributed by atoms with Crippen LogP contribution in [0.4, 0.5) is 17.1 Å². The monoisotopic (exact) mass is 723 g/mol. The van der Waals surface area contributed by atoms with Crippen molar-refractivity contribution in [3.8, 4) is 55.6 Å². The van der Waals surface area contributed by atoms with Crippen LogP contribution in [-0.4, -0.2) is 0 Å². The zero-order chi connectivity index (χ0) is 44.2. The van der Waals surface area contributed by atoms with E-state index in [1.165, 1.54) is 4.90 Å². The standard InChI is InChI=1S/C54H37NO/c1-3-16-38(17-4-1)39-30-34-42(35-31-39)55(43-36-32-41(33-37-43)45-26-15-27-51-50-25-12-14-29-53(50)56-54(45)51)52-28-13-11-24-49(52)48-23-10-9-22-47(48)46-21-8-7-20-44(46)40-18-5-2-6-19-40/h1-37H/i30D,31D,32D,33D,34D,35D,36D,37D. The van der Waals surface area contributed by atoms with Crippen molar-refractivity contribution in [2.45, 2.75) is 0 Å². The lowest BCUT2D eigenvalue weighted by Gasteiger charge is -2.29. The van der Waals surface area contributed by atoms with Gasteiger partial charge < -0.3 is 9.32 Å². The normalized spacial score (nSPS) is 13.2. The highest BCUT2D eigenvalue weighted by atomic mass is 16.3. The number of para-hydroxylation sites is 3. The first-order valence-corrected chi connectivity index (χ1v) is 18.5. The Balaban J connectivity index is 1.27. The van der Waals surface area contributed by atoms with Crippen LogP contribution in [-0.2, 0) is 0 Å². The van der Waals surface area contributed by atoms with E-state index in [4.69, 9.17) is 4.42 Å². The molecule has 56 heavy (non-hydrogen) atoms. The van der Waals surface area contributed by atoms with Crippen molar-refractivity contribution in [2.75, 3.05) is 4.90 Å². The zero-order valence-corrected chi connectivity index (χ0v) is 30.1. The Hall–Kier alpha value is -7.42. The maximum atomic E-state index is 9.79. The highest BCUT2D eigenvalue weighted by Gasteiger charge is 2.21. The van der Waals surface area contributed by atoms with Crippen molar-refractivity contribution in [3.05, 3.63) is 224 Å². The van der Waals surface area contributed by atoms with Crippen molar-refractivity contribution in [1.29, 1.82) is 0 Å². The third-order valence-electron chi connectivity index (χ3n) is 10.1. The van der Waals surface area contributed by atoms with Crippen LogP contribution in [0.5, 0.6) is 0 Å². The Kier molecular flexibility index (Phi) is 6.59. The van der Waals surface area contributed by atoms with E-state index in [1.54, 1.807) is 48.5 Å². The molecule has 0 saturated carbocycles. The predicted octanol–water partition coefficient (Wildman–Crippen LogP) is 15.4. The Morgan fingerprint density at radius 1 is 0.321 bits per heavy atom. The fourth-order valence-electron chi connectivity index (χ4n) is 7.45. The van der Waals surface area contributed by atoms with E-state index in [-0.39, 0.29) is 46.7 Å². The molecule has 0 bridgehead atoms. The molecule has 0 aliphatic heterocycles. The van der Waals surface area contributed by atoms with Gasteiger partial charge in [0.25, 0.3) is 0 Å². The summed E-state index contributed by atoms with van der Waals surface area (Å²) in [6.45, 7) is 0. The summed E-state index contributed by atoms with van der Waals surface area (Å²) >= 11 is 0. The maximum Gasteiger partial charge on any atom is 0.143 e. The molecule has 0 atom stereocenters. The summed E-state index contributed by atoms with van der Waals surface area (Å²) in [4.78, 5) is 1.39. The topological polar surface area (TPSA) is 16.4 Å². The minimum Gasteiger partial charge on any atom is -0.455 e. The summed E-state index contributed by atoms with van der Waals surface area (Å²) in [5, 5.41) is 1.61. The lowest BCUT2D eigenvalue weighted by atomic mass is 9.88. The molecule has 9 aromatic carbocycles. The van der Waals surface area contributed by atoms with Crippen molar-refractivity contribution < 1.29 is 15.4 Å². The molecule has 0 spiro atoms. The van der Waals surface area contributed by atoms with Crippen LogP contribution >= 0.6 is 0 Å². The SMILES string of the molecule is [2H]c1c([2H])c(N(c2ccccc2-c2ccccc2-c2ccccc2-c2ccccc2)c2c([2H])c([2H])c(-c3cccc4c3oc3ccccc34)c([2H])c2[2H])c([2H])c([2H])c1-c1ccccc1. The van der Waals surface area contributed by atoms with E-state index in [0.717, 1.165) is 38.6 Å². The second kappa shape index (κ2) is 14.4. The molecule has 0 saturated heterocycles. The summed E-state index contributed by atoms with van der Waals surface area (Å²) in [6.07, 6.45) is 0. The van der Waals surface area contributed by atoms with Gasteiger partial charge in [-0.05, 0) is 80.8 Å². The first kappa shape index (κ1) is 25.6. The van der Waals surface area contributed by atoms with E-state index >= 15 is 0 Å². The zero-order valence-electron chi connectivity index (χ0n) is 38.1. The number of nitrogens with zero attached hydrogens (tertiary/aromatic N) is 1. The molecule has 0 amide bonds. The summed E-state index contributed by atoms with van der Waals surface area (Å²) in [7, 11) is 0. The number of hydrogen-bond donors (Lipinski definition) is 0. The lowest BCUT2D eigenvalue weighted by molar-refractivity contribution is 0.670. The second-order valence-electron chi connectivity index (χ2n) is 13.4. The van der Waals surface area contributed by atoms with E-state index < -0.39 is 24.2 Å². The predicted molar refractivity (Wildman–Crippen MR) is 236 cm³/mol. The molecule has 0 N–H and O–H groups in total. The number of hydrogen-bond acceptors (Lipinski definition) is 2. The number of anilines is 3. The van der Waals surface area contributed by atoms with Gasteiger partial charge in [0.15, 0.2) is 0 Å². The van der Waals surface area contributed by atoms with Gasteiger partial charge in [-0.1, -0.05) is 188 Å². The van der Waals surface area contributed by atoms with Gasteiger partial charge in [0, 0.05) is 33.3 Å². The molecular weight excluding hydrogens is 679 g/mol. The van der Waals surface area contributed by atoms with Gasteiger partial charge >= 0.3 is 0 Å². The van der Waals surface area contributed by atoms with Gasteiger partial charge in [0.05, 0.1) is 16.7 Å². The van der Waals surface area contributed by atoms with E-state index in [2.05, 4.69) is 24.3 Å². The van der Waals surface area contributed by atoms with Crippen molar-refractivity contribution in [2.24, 2.45) is 0 Å². The molecule has 10 rings (SSSR count). The van der Waals surface area contributed by atoms with Crippen LogP contribution in [0.1, 0.15) is 11.0 Å². The van der Waals surface area contributed by atoms with Crippen LogP contribution in [0, 0.1) is 0 Å². The van der Waals surface area contributed by atoms with E-state index in [1.807, 2.05) is 103 Å². The number of rotatable bonds is 8. The Morgan fingerprint density at radius 2 is 0.786 bits per heavy atom. The van der Waals surface area contributed by atoms with Gasteiger partial charge in [-0.3, -0.25) is 0 Å². The van der Waals surface area contributed by atoms with Gasteiger partial charge in [-0.15, -0.1) is 0 Å². The first-order valence-electron chi connectivity index (χ1n) is 22.5. The third kappa shape index (κ3) is 6.04. The summed E-state index contributed by atoms with van der Waals surface area (Å²) in [5.74, 6) is 0. The minimum absolute atomic E-state index is 0.0264. The average molecular weight is 724 g/mol. The van der Waals surface area contributed by atoms with Crippen molar-refractivity contribution in [1.82, 2.24) is 0 Å².